The zero-order valence-electron chi connectivity index (χ0n) is 17.7. The van der Waals surface area contributed by atoms with Crippen molar-refractivity contribution >= 4 is 29.3 Å². The second-order valence-electron chi connectivity index (χ2n) is 8.32. The maximum absolute atomic E-state index is 12.8. The van der Waals surface area contributed by atoms with Crippen molar-refractivity contribution in [2.75, 3.05) is 19.6 Å². The van der Waals surface area contributed by atoms with Crippen molar-refractivity contribution in [3.05, 3.63) is 74.3 Å². The number of nitrogens with zero attached hydrogens (tertiary/aromatic N) is 3. The van der Waals surface area contributed by atoms with Crippen LogP contribution >= 0.6 is 11.6 Å². The fourth-order valence-corrected chi connectivity index (χ4v) is 4.43. The largest absolute Gasteiger partial charge is 0.441 e. The van der Waals surface area contributed by atoms with Gasteiger partial charge < -0.3 is 9.64 Å². The average molecular weight is 498 g/mol. The van der Waals surface area contributed by atoms with Gasteiger partial charge in [0.1, 0.15) is 5.60 Å². The number of piperidine rings is 1. The first-order valence-corrected chi connectivity index (χ1v) is 10.7. The lowest BCUT2D eigenvalue weighted by Crippen LogP contribution is -2.48. The molecule has 2 aliphatic heterocycles. The number of nitro groups is 1. The molecule has 2 aromatic rings. The van der Waals surface area contributed by atoms with Gasteiger partial charge in [0.2, 0.25) is 0 Å². The molecule has 2 fully saturated rings. The Morgan fingerprint density at radius 3 is 2.35 bits per heavy atom. The molecule has 4 rings (SSSR count). The Morgan fingerprint density at radius 1 is 1.15 bits per heavy atom. The molecule has 8 nitrogen and oxygen atoms in total. The summed E-state index contributed by atoms with van der Waals surface area (Å²) in [5, 5.41) is 10.8. The Balaban J connectivity index is 1.37. The Kier molecular flexibility index (Phi) is 6.15. The SMILES string of the molecule is O=C1OC2(CCN(C(=O)c3ccc([N+](=O)[O-])cc3Cl)CC2)CN1Cc1ccc(C(F)(F)F)cc1. The molecule has 0 N–H and O–H groups in total. The van der Waals surface area contributed by atoms with Crippen molar-refractivity contribution in [1.29, 1.82) is 0 Å². The maximum Gasteiger partial charge on any atom is 0.416 e. The molecule has 2 saturated heterocycles. The molecule has 180 valence electrons. The molecule has 12 heteroatoms. The minimum Gasteiger partial charge on any atom is -0.441 e. The number of amides is 2. The van der Waals surface area contributed by atoms with Gasteiger partial charge in [-0.15, -0.1) is 0 Å². The molecule has 2 aromatic carbocycles. The van der Waals surface area contributed by atoms with Gasteiger partial charge in [0.15, 0.2) is 0 Å². The lowest BCUT2D eigenvalue weighted by atomic mass is 9.91. The van der Waals surface area contributed by atoms with Crippen LogP contribution in [0, 0.1) is 10.1 Å². The Labute approximate surface area is 197 Å². The van der Waals surface area contributed by atoms with Gasteiger partial charge in [-0.25, -0.2) is 4.79 Å². The van der Waals surface area contributed by atoms with Gasteiger partial charge in [-0.3, -0.25) is 19.8 Å². The standard InChI is InChI=1S/C22H19ClF3N3O5/c23-18-11-16(29(32)33)5-6-17(18)19(30)27-9-7-21(8-10-27)13-28(20(31)34-21)12-14-1-3-15(4-2-14)22(24,25)26/h1-6,11H,7-10,12-13H2. The molecule has 0 atom stereocenters. The molecular weight excluding hydrogens is 479 g/mol. The summed E-state index contributed by atoms with van der Waals surface area (Å²) in [4.78, 5) is 38.5. The predicted octanol–water partition coefficient (Wildman–Crippen LogP) is 4.89. The maximum atomic E-state index is 12.8. The number of benzene rings is 2. The van der Waals surface area contributed by atoms with Gasteiger partial charge in [-0.05, 0) is 23.8 Å². The molecule has 2 amide bonds. The highest BCUT2D eigenvalue weighted by molar-refractivity contribution is 6.34. The number of carbonyl (C=O) groups is 2. The average Bonchev–Trinajstić information content (AvgIpc) is 3.07. The predicted molar refractivity (Wildman–Crippen MR) is 114 cm³/mol. The van der Waals surface area contributed by atoms with Gasteiger partial charge in [-0.1, -0.05) is 23.7 Å². The van der Waals surface area contributed by atoms with E-state index in [1.807, 2.05) is 0 Å². The van der Waals surface area contributed by atoms with Crippen LogP contribution < -0.4 is 0 Å². The molecule has 1 spiro atoms. The zero-order chi connectivity index (χ0) is 24.7. The van der Waals surface area contributed by atoms with Crippen LogP contribution in [0.15, 0.2) is 42.5 Å². The molecule has 34 heavy (non-hydrogen) atoms. The number of non-ortho nitro benzene ring substituents is 1. The summed E-state index contributed by atoms with van der Waals surface area (Å²) < 4.78 is 43.9. The molecule has 0 radical (unpaired) electrons. The molecule has 0 bridgehead atoms. The number of rotatable bonds is 4. The van der Waals surface area contributed by atoms with Crippen molar-refractivity contribution in [3.8, 4) is 0 Å². The van der Waals surface area contributed by atoms with Crippen LogP contribution in [0.1, 0.15) is 34.3 Å². The van der Waals surface area contributed by atoms with E-state index in [0.29, 0.717) is 18.4 Å². The Bertz CT molecular complexity index is 1130. The number of hydrogen-bond acceptors (Lipinski definition) is 5. The number of likely N-dealkylation sites (tertiary alicyclic amines) is 1. The first-order chi connectivity index (χ1) is 16.0. The first-order valence-electron chi connectivity index (χ1n) is 10.3. The summed E-state index contributed by atoms with van der Waals surface area (Å²) in [5.74, 6) is -0.374. The Morgan fingerprint density at radius 2 is 1.79 bits per heavy atom. The van der Waals surface area contributed by atoms with E-state index in [1.165, 1.54) is 29.2 Å². The van der Waals surface area contributed by atoms with Crippen LogP contribution in [0.25, 0.3) is 0 Å². The van der Waals surface area contributed by atoms with E-state index >= 15 is 0 Å². The highest BCUT2D eigenvalue weighted by atomic mass is 35.5. The third-order valence-corrected chi connectivity index (χ3v) is 6.36. The van der Waals surface area contributed by atoms with Gasteiger partial charge in [0.25, 0.3) is 11.6 Å². The van der Waals surface area contributed by atoms with Crippen LogP contribution in [-0.2, 0) is 17.5 Å². The van der Waals surface area contributed by atoms with Gasteiger partial charge >= 0.3 is 12.3 Å². The molecule has 2 aliphatic rings. The number of alkyl halides is 3. The van der Waals surface area contributed by atoms with E-state index in [1.54, 1.807) is 4.90 Å². The number of carbonyl (C=O) groups excluding carboxylic acids is 2. The summed E-state index contributed by atoms with van der Waals surface area (Å²) in [6.07, 6.45) is -4.24. The minimum absolute atomic E-state index is 0.0190. The van der Waals surface area contributed by atoms with Gasteiger partial charge in [-0.2, -0.15) is 13.2 Å². The van der Waals surface area contributed by atoms with E-state index in [9.17, 15) is 32.9 Å². The quantitative estimate of drug-likeness (QED) is 0.443. The van der Waals surface area contributed by atoms with Crippen LogP contribution in [0.3, 0.4) is 0 Å². The molecule has 0 aliphatic carbocycles. The molecule has 0 unspecified atom stereocenters. The summed E-state index contributed by atoms with van der Waals surface area (Å²) in [6, 6.07) is 8.25. The highest BCUT2D eigenvalue weighted by Gasteiger charge is 2.47. The highest BCUT2D eigenvalue weighted by Crippen LogP contribution is 2.35. The third kappa shape index (κ3) is 4.79. The van der Waals surface area contributed by atoms with Crippen molar-refractivity contribution < 1.29 is 32.4 Å². The monoisotopic (exact) mass is 497 g/mol. The van der Waals surface area contributed by atoms with E-state index < -0.39 is 28.4 Å². The first kappa shape index (κ1) is 23.8. The second-order valence-corrected chi connectivity index (χ2v) is 8.72. The van der Waals surface area contributed by atoms with E-state index in [-0.39, 0.29) is 48.4 Å². The van der Waals surface area contributed by atoms with Crippen LogP contribution in [0.4, 0.5) is 23.7 Å². The van der Waals surface area contributed by atoms with Crippen LogP contribution in [-0.4, -0.2) is 52.0 Å². The van der Waals surface area contributed by atoms with Gasteiger partial charge in [0, 0.05) is 44.6 Å². The van der Waals surface area contributed by atoms with Crippen molar-refractivity contribution in [3.63, 3.8) is 0 Å². The van der Waals surface area contributed by atoms with Gasteiger partial charge in [0.05, 0.1) is 27.6 Å². The normalized spacial score (nSPS) is 17.7. The second kappa shape index (κ2) is 8.79. The molecule has 0 aromatic heterocycles. The fraction of sp³-hybridized carbons (Fsp3) is 0.364. The summed E-state index contributed by atoms with van der Waals surface area (Å²) in [5.41, 5.74) is -1.08. The smallest absolute Gasteiger partial charge is 0.416 e. The third-order valence-electron chi connectivity index (χ3n) is 6.05. The number of halogens is 4. The molecular formula is C22H19ClF3N3O5. The van der Waals surface area contributed by atoms with E-state index in [4.69, 9.17) is 16.3 Å². The van der Waals surface area contributed by atoms with E-state index in [2.05, 4.69) is 0 Å². The minimum atomic E-state index is -4.43. The lowest BCUT2D eigenvalue weighted by molar-refractivity contribution is -0.384. The number of hydrogen-bond donors (Lipinski definition) is 0. The summed E-state index contributed by atoms with van der Waals surface area (Å²) in [6.45, 7) is 0.939. The van der Waals surface area contributed by atoms with Crippen LogP contribution in [0.2, 0.25) is 5.02 Å². The fourth-order valence-electron chi connectivity index (χ4n) is 4.17. The van der Waals surface area contributed by atoms with Crippen molar-refractivity contribution in [2.24, 2.45) is 0 Å². The topological polar surface area (TPSA) is 93.0 Å². The molecule has 2 heterocycles. The van der Waals surface area contributed by atoms with E-state index in [0.717, 1.165) is 18.2 Å². The van der Waals surface area contributed by atoms with Crippen LogP contribution in [0.5, 0.6) is 0 Å². The zero-order valence-corrected chi connectivity index (χ0v) is 18.4. The van der Waals surface area contributed by atoms with Crippen molar-refractivity contribution in [1.82, 2.24) is 9.80 Å². The Hall–Kier alpha value is -3.34. The summed E-state index contributed by atoms with van der Waals surface area (Å²) >= 11 is 6.07. The number of nitro benzene ring substituents is 1. The summed E-state index contributed by atoms with van der Waals surface area (Å²) in [7, 11) is 0. The lowest BCUT2D eigenvalue weighted by Gasteiger charge is -2.37. The van der Waals surface area contributed by atoms with Crippen molar-refractivity contribution in [2.45, 2.75) is 31.2 Å². The molecule has 0 saturated carbocycles. The number of ether oxygens (including phenoxy) is 1.